The van der Waals surface area contributed by atoms with Crippen molar-refractivity contribution in [1.82, 2.24) is 4.90 Å². The molecule has 15 heavy (non-hydrogen) atoms. The first-order valence-corrected chi connectivity index (χ1v) is 5.51. The lowest BCUT2D eigenvalue weighted by molar-refractivity contribution is 0.121. The zero-order valence-corrected chi connectivity index (χ0v) is 8.89. The maximum absolute atomic E-state index is 9.36. The average molecular weight is 206 g/mol. The van der Waals surface area contributed by atoms with Gasteiger partial charge in [0.2, 0.25) is 0 Å². The van der Waals surface area contributed by atoms with E-state index in [1.165, 1.54) is 19.5 Å². The van der Waals surface area contributed by atoms with Gasteiger partial charge in [0.25, 0.3) is 0 Å². The molecule has 0 aromatic heterocycles. The Hall–Kier alpha value is -1.06. The van der Waals surface area contributed by atoms with Gasteiger partial charge in [0, 0.05) is 12.6 Å². The van der Waals surface area contributed by atoms with Crippen LogP contribution in [-0.4, -0.2) is 35.7 Å². The predicted octanol–water partition coefficient (Wildman–Crippen LogP) is 0.968. The van der Waals surface area contributed by atoms with E-state index in [0.29, 0.717) is 18.3 Å². The standard InChI is InChI=1S/C12H18N2O/c13-9-11(14-5-2-6-14)7-10-3-1-4-12(15)8-10/h1,3-4,8,11,15H,2,5-7,9,13H2. The van der Waals surface area contributed by atoms with Crippen molar-refractivity contribution in [3.05, 3.63) is 29.8 Å². The molecule has 1 aromatic rings. The SMILES string of the molecule is NCC(Cc1cccc(O)c1)N1CCC1. The number of phenolic OH excluding ortho intramolecular Hbond substituents is 1. The van der Waals surface area contributed by atoms with Crippen molar-refractivity contribution < 1.29 is 5.11 Å². The average Bonchev–Trinajstić information content (AvgIpc) is 2.14. The third-order valence-corrected chi connectivity index (χ3v) is 3.06. The van der Waals surface area contributed by atoms with E-state index >= 15 is 0 Å². The third kappa shape index (κ3) is 2.49. The van der Waals surface area contributed by atoms with Crippen LogP contribution < -0.4 is 5.73 Å². The molecule has 0 saturated carbocycles. The highest BCUT2D eigenvalue weighted by molar-refractivity contribution is 5.27. The van der Waals surface area contributed by atoms with Crippen molar-refractivity contribution >= 4 is 0 Å². The molecule has 1 aliphatic rings. The summed E-state index contributed by atoms with van der Waals surface area (Å²) in [6.07, 6.45) is 2.22. The molecule has 1 fully saturated rings. The molecule has 0 radical (unpaired) electrons. The Morgan fingerprint density at radius 1 is 1.40 bits per heavy atom. The summed E-state index contributed by atoms with van der Waals surface area (Å²) < 4.78 is 0. The van der Waals surface area contributed by atoms with E-state index in [2.05, 4.69) is 4.90 Å². The minimum Gasteiger partial charge on any atom is -0.508 e. The predicted molar refractivity (Wildman–Crippen MR) is 60.8 cm³/mol. The summed E-state index contributed by atoms with van der Waals surface area (Å²) in [7, 11) is 0. The van der Waals surface area contributed by atoms with Crippen LogP contribution in [0.3, 0.4) is 0 Å². The topological polar surface area (TPSA) is 49.5 Å². The zero-order chi connectivity index (χ0) is 10.7. The van der Waals surface area contributed by atoms with Crippen molar-refractivity contribution in [3.63, 3.8) is 0 Å². The second kappa shape index (κ2) is 4.64. The van der Waals surface area contributed by atoms with Gasteiger partial charge in [-0.1, -0.05) is 12.1 Å². The van der Waals surface area contributed by atoms with Crippen LogP contribution in [0.25, 0.3) is 0 Å². The largest absolute Gasteiger partial charge is 0.508 e. The molecule has 3 N–H and O–H groups in total. The van der Waals surface area contributed by atoms with Gasteiger partial charge in [-0.15, -0.1) is 0 Å². The summed E-state index contributed by atoms with van der Waals surface area (Å²) in [6, 6.07) is 7.88. The number of nitrogens with zero attached hydrogens (tertiary/aromatic N) is 1. The van der Waals surface area contributed by atoms with Gasteiger partial charge in [-0.2, -0.15) is 0 Å². The molecule has 1 aliphatic heterocycles. The Morgan fingerprint density at radius 3 is 2.73 bits per heavy atom. The van der Waals surface area contributed by atoms with E-state index < -0.39 is 0 Å². The van der Waals surface area contributed by atoms with Crippen molar-refractivity contribution in [2.45, 2.75) is 18.9 Å². The fourth-order valence-corrected chi connectivity index (χ4v) is 2.02. The van der Waals surface area contributed by atoms with Crippen molar-refractivity contribution in [1.29, 1.82) is 0 Å². The first-order valence-electron chi connectivity index (χ1n) is 5.51. The number of benzene rings is 1. The molecule has 0 spiro atoms. The smallest absolute Gasteiger partial charge is 0.115 e. The number of rotatable bonds is 4. The van der Waals surface area contributed by atoms with E-state index in [0.717, 1.165) is 12.0 Å². The minimum atomic E-state index is 0.340. The molecule has 3 nitrogen and oxygen atoms in total. The van der Waals surface area contributed by atoms with Gasteiger partial charge < -0.3 is 10.8 Å². The summed E-state index contributed by atoms with van der Waals surface area (Å²) >= 11 is 0. The van der Waals surface area contributed by atoms with Crippen LogP contribution in [0.15, 0.2) is 24.3 Å². The highest BCUT2D eigenvalue weighted by Gasteiger charge is 2.22. The number of aromatic hydroxyl groups is 1. The van der Waals surface area contributed by atoms with Crippen molar-refractivity contribution in [3.8, 4) is 5.75 Å². The molecule has 3 heteroatoms. The molecule has 1 unspecified atom stereocenters. The first-order chi connectivity index (χ1) is 7.29. The Bertz CT molecular complexity index is 323. The lowest BCUT2D eigenvalue weighted by Crippen LogP contribution is -2.49. The summed E-state index contributed by atoms with van der Waals surface area (Å²) in [5, 5.41) is 9.36. The normalized spacial score (nSPS) is 18.5. The highest BCUT2D eigenvalue weighted by Crippen LogP contribution is 2.17. The molecule has 1 aromatic carbocycles. The van der Waals surface area contributed by atoms with Gasteiger partial charge in [-0.3, -0.25) is 4.90 Å². The molecule has 2 rings (SSSR count). The number of hydrogen-bond acceptors (Lipinski definition) is 3. The number of likely N-dealkylation sites (tertiary alicyclic amines) is 1. The molecular formula is C12H18N2O. The zero-order valence-electron chi connectivity index (χ0n) is 8.89. The molecule has 1 saturated heterocycles. The van der Waals surface area contributed by atoms with Gasteiger partial charge in [-0.05, 0) is 43.6 Å². The van der Waals surface area contributed by atoms with Crippen LogP contribution in [0.5, 0.6) is 5.75 Å². The number of phenols is 1. The van der Waals surface area contributed by atoms with Gasteiger partial charge in [0.05, 0.1) is 0 Å². The maximum atomic E-state index is 9.36. The van der Waals surface area contributed by atoms with Crippen LogP contribution in [0, 0.1) is 0 Å². The molecular weight excluding hydrogens is 188 g/mol. The van der Waals surface area contributed by atoms with Gasteiger partial charge in [0.15, 0.2) is 0 Å². The quantitative estimate of drug-likeness (QED) is 0.771. The molecule has 1 heterocycles. The van der Waals surface area contributed by atoms with E-state index in [9.17, 15) is 5.11 Å². The van der Waals surface area contributed by atoms with Gasteiger partial charge in [0.1, 0.15) is 5.75 Å². The summed E-state index contributed by atoms with van der Waals surface area (Å²) in [5.74, 6) is 0.340. The molecule has 0 bridgehead atoms. The third-order valence-electron chi connectivity index (χ3n) is 3.06. The monoisotopic (exact) mass is 206 g/mol. The van der Waals surface area contributed by atoms with Gasteiger partial charge in [-0.25, -0.2) is 0 Å². The number of hydrogen-bond donors (Lipinski definition) is 2. The van der Waals surface area contributed by atoms with Crippen LogP contribution in [0.4, 0.5) is 0 Å². The Morgan fingerprint density at radius 2 is 2.20 bits per heavy atom. The molecule has 82 valence electrons. The van der Waals surface area contributed by atoms with Gasteiger partial charge >= 0.3 is 0 Å². The van der Waals surface area contributed by atoms with Crippen molar-refractivity contribution in [2.75, 3.05) is 19.6 Å². The molecule has 0 amide bonds. The molecule has 1 atom stereocenters. The number of nitrogens with two attached hydrogens (primary N) is 1. The summed E-state index contributed by atoms with van der Waals surface area (Å²) in [6.45, 7) is 3.02. The Labute approximate surface area is 90.5 Å². The minimum absolute atomic E-state index is 0.340. The first kappa shape index (κ1) is 10.5. The van der Waals surface area contributed by atoms with E-state index in [4.69, 9.17) is 5.73 Å². The second-order valence-electron chi connectivity index (χ2n) is 4.15. The Balaban J connectivity index is 1.99. The van der Waals surface area contributed by atoms with Crippen LogP contribution in [0.2, 0.25) is 0 Å². The van der Waals surface area contributed by atoms with E-state index in [1.807, 2.05) is 18.2 Å². The summed E-state index contributed by atoms with van der Waals surface area (Å²) in [5.41, 5.74) is 6.93. The van der Waals surface area contributed by atoms with Crippen LogP contribution in [0.1, 0.15) is 12.0 Å². The fraction of sp³-hybridized carbons (Fsp3) is 0.500. The maximum Gasteiger partial charge on any atom is 0.115 e. The fourth-order valence-electron chi connectivity index (χ4n) is 2.02. The van der Waals surface area contributed by atoms with Crippen molar-refractivity contribution in [2.24, 2.45) is 5.73 Å². The Kier molecular flexibility index (Phi) is 3.23. The molecule has 0 aliphatic carbocycles. The lowest BCUT2D eigenvalue weighted by atomic mass is 10.0. The lowest BCUT2D eigenvalue weighted by Gasteiger charge is -2.38. The summed E-state index contributed by atoms with van der Waals surface area (Å²) in [4.78, 5) is 2.41. The van der Waals surface area contributed by atoms with Crippen LogP contribution in [-0.2, 0) is 6.42 Å². The van der Waals surface area contributed by atoms with E-state index in [-0.39, 0.29) is 0 Å². The van der Waals surface area contributed by atoms with E-state index in [1.54, 1.807) is 6.07 Å². The highest BCUT2D eigenvalue weighted by atomic mass is 16.3. The second-order valence-corrected chi connectivity index (χ2v) is 4.15. The van der Waals surface area contributed by atoms with Crippen LogP contribution >= 0.6 is 0 Å².